The molecule has 0 saturated carbocycles. The molecule has 2 aromatic heterocycles. The summed E-state index contributed by atoms with van der Waals surface area (Å²) in [7, 11) is 0. The van der Waals surface area contributed by atoms with Crippen LogP contribution in [0.3, 0.4) is 0 Å². The van der Waals surface area contributed by atoms with Crippen molar-refractivity contribution in [1.82, 2.24) is 19.4 Å². The highest BCUT2D eigenvalue weighted by Gasteiger charge is 2.26. The van der Waals surface area contributed by atoms with E-state index in [4.69, 9.17) is 4.98 Å². The standard InChI is InChI=1S/C16H20N4O/c1-11-10-12(16(21)19-7-5-8-19)14-15(17-11)20-9-4-2-3-6-13(20)18-14/h10H,2-9H2,1H3. The van der Waals surface area contributed by atoms with Crippen LogP contribution in [0.15, 0.2) is 6.07 Å². The van der Waals surface area contributed by atoms with Crippen LogP contribution in [-0.4, -0.2) is 38.4 Å². The first kappa shape index (κ1) is 12.8. The molecule has 0 N–H and O–H groups in total. The average molecular weight is 284 g/mol. The van der Waals surface area contributed by atoms with Crippen molar-refractivity contribution >= 4 is 17.1 Å². The molecule has 0 aromatic carbocycles. The second kappa shape index (κ2) is 4.83. The number of hydrogen-bond acceptors (Lipinski definition) is 3. The van der Waals surface area contributed by atoms with Crippen LogP contribution in [0.2, 0.25) is 0 Å². The lowest BCUT2D eigenvalue weighted by atomic mass is 10.1. The van der Waals surface area contributed by atoms with Crippen LogP contribution < -0.4 is 0 Å². The predicted octanol–water partition coefficient (Wildman–Crippen LogP) is 2.31. The third-order valence-corrected chi connectivity index (χ3v) is 4.57. The number of carbonyl (C=O) groups excluding carboxylic acids is 1. The van der Waals surface area contributed by atoms with Crippen LogP contribution in [0.5, 0.6) is 0 Å². The topological polar surface area (TPSA) is 51.0 Å². The highest BCUT2D eigenvalue weighted by molar-refractivity contribution is 6.04. The molecule has 2 aromatic rings. The molecule has 0 bridgehead atoms. The molecule has 4 heterocycles. The van der Waals surface area contributed by atoms with E-state index < -0.39 is 0 Å². The molecule has 0 atom stereocenters. The summed E-state index contributed by atoms with van der Waals surface area (Å²) in [5, 5.41) is 0. The monoisotopic (exact) mass is 284 g/mol. The number of pyridine rings is 1. The number of amides is 1. The number of rotatable bonds is 1. The Bertz CT molecular complexity index is 715. The minimum absolute atomic E-state index is 0.116. The van der Waals surface area contributed by atoms with Gasteiger partial charge >= 0.3 is 0 Å². The first-order valence-corrected chi connectivity index (χ1v) is 7.90. The Kier molecular flexibility index (Phi) is 2.94. The number of hydrogen-bond donors (Lipinski definition) is 0. The molecule has 1 amide bonds. The van der Waals surface area contributed by atoms with Gasteiger partial charge in [0.05, 0.1) is 5.56 Å². The Morgan fingerprint density at radius 2 is 1.95 bits per heavy atom. The van der Waals surface area contributed by atoms with E-state index in [1.165, 1.54) is 19.3 Å². The van der Waals surface area contributed by atoms with Gasteiger partial charge in [-0.25, -0.2) is 9.97 Å². The van der Waals surface area contributed by atoms with Crippen molar-refractivity contribution in [2.75, 3.05) is 13.1 Å². The van der Waals surface area contributed by atoms with E-state index in [2.05, 4.69) is 9.55 Å². The molecule has 5 nitrogen and oxygen atoms in total. The second-order valence-electron chi connectivity index (χ2n) is 6.12. The number of nitrogens with zero attached hydrogens (tertiary/aromatic N) is 4. The van der Waals surface area contributed by atoms with E-state index >= 15 is 0 Å². The third kappa shape index (κ3) is 2.03. The van der Waals surface area contributed by atoms with Crippen molar-refractivity contribution in [3.63, 3.8) is 0 Å². The lowest BCUT2D eigenvalue weighted by Gasteiger charge is -2.31. The first-order valence-electron chi connectivity index (χ1n) is 7.90. The van der Waals surface area contributed by atoms with Gasteiger partial charge in [-0.3, -0.25) is 4.79 Å². The van der Waals surface area contributed by atoms with Crippen molar-refractivity contribution < 1.29 is 4.79 Å². The summed E-state index contributed by atoms with van der Waals surface area (Å²) in [4.78, 5) is 24.0. The second-order valence-corrected chi connectivity index (χ2v) is 6.12. The Morgan fingerprint density at radius 3 is 2.71 bits per heavy atom. The molecule has 4 rings (SSSR count). The lowest BCUT2D eigenvalue weighted by Crippen LogP contribution is -2.42. The third-order valence-electron chi connectivity index (χ3n) is 4.57. The maximum atomic E-state index is 12.6. The quantitative estimate of drug-likeness (QED) is 0.807. The van der Waals surface area contributed by atoms with Crippen LogP contribution in [0.1, 0.15) is 47.6 Å². The van der Waals surface area contributed by atoms with Gasteiger partial charge in [0.15, 0.2) is 5.65 Å². The van der Waals surface area contributed by atoms with E-state index in [0.29, 0.717) is 0 Å². The molecule has 0 spiro atoms. The smallest absolute Gasteiger partial charge is 0.256 e. The van der Waals surface area contributed by atoms with E-state index in [9.17, 15) is 4.79 Å². The zero-order valence-corrected chi connectivity index (χ0v) is 12.4. The molecular weight excluding hydrogens is 264 g/mol. The number of likely N-dealkylation sites (tertiary alicyclic amines) is 1. The molecule has 0 aliphatic carbocycles. The number of imidazole rings is 1. The van der Waals surface area contributed by atoms with Crippen molar-refractivity contribution in [2.45, 2.75) is 45.6 Å². The van der Waals surface area contributed by atoms with Gasteiger partial charge in [0, 0.05) is 31.7 Å². The molecule has 1 fully saturated rings. The Hall–Kier alpha value is -1.91. The first-order chi connectivity index (χ1) is 10.2. The van der Waals surface area contributed by atoms with E-state index in [-0.39, 0.29) is 5.91 Å². The van der Waals surface area contributed by atoms with E-state index in [1.54, 1.807) is 0 Å². The zero-order valence-electron chi connectivity index (χ0n) is 12.4. The molecule has 5 heteroatoms. The van der Waals surface area contributed by atoms with Gasteiger partial charge in [0.2, 0.25) is 0 Å². The molecule has 2 aliphatic rings. The van der Waals surface area contributed by atoms with Crippen LogP contribution in [0, 0.1) is 6.92 Å². The fourth-order valence-corrected chi connectivity index (χ4v) is 3.27. The Morgan fingerprint density at radius 1 is 1.10 bits per heavy atom. The summed E-state index contributed by atoms with van der Waals surface area (Å²) < 4.78 is 2.22. The maximum absolute atomic E-state index is 12.6. The van der Waals surface area contributed by atoms with Gasteiger partial charge in [-0.15, -0.1) is 0 Å². The summed E-state index contributed by atoms with van der Waals surface area (Å²) in [6.07, 6.45) is 5.70. The number of aryl methyl sites for hydroxylation is 3. The van der Waals surface area contributed by atoms with E-state index in [1.807, 2.05) is 17.9 Å². The summed E-state index contributed by atoms with van der Waals surface area (Å²) in [5.41, 5.74) is 3.33. The average Bonchev–Trinajstić information content (AvgIpc) is 2.59. The molecule has 2 aliphatic heterocycles. The highest BCUT2D eigenvalue weighted by atomic mass is 16.2. The van der Waals surface area contributed by atoms with Crippen LogP contribution in [0.25, 0.3) is 11.2 Å². The largest absolute Gasteiger partial charge is 0.338 e. The minimum Gasteiger partial charge on any atom is -0.338 e. The lowest BCUT2D eigenvalue weighted by molar-refractivity contribution is 0.0653. The van der Waals surface area contributed by atoms with Crippen molar-refractivity contribution in [2.24, 2.45) is 0 Å². The SMILES string of the molecule is Cc1cc(C(=O)N2CCC2)c2nc3n(c2n1)CCCCC3. The molecule has 0 radical (unpaired) electrons. The number of fused-ring (bicyclic) bond motifs is 3. The van der Waals surface area contributed by atoms with Crippen LogP contribution >= 0.6 is 0 Å². The maximum Gasteiger partial charge on any atom is 0.256 e. The summed E-state index contributed by atoms with van der Waals surface area (Å²) >= 11 is 0. The predicted molar refractivity (Wildman–Crippen MR) is 80.3 cm³/mol. The van der Waals surface area contributed by atoms with Crippen molar-refractivity contribution in [1.29, 1.82) is 0 Å². The van der Waals surface area contributed by atoms with Gasteiger partial charge < -0.3 is 9.47 Å². The Balaban J connectivity index is 1.88. The summed E-state index contributed by atoms with van der Waals surface area (Å²) in [6, 6.07) is 1.90. The number of carbonyl (C=O) groups is 1. The summed E-state index contributed by atoms with van der Waals surface area (Å²) in [5.74, 6) is 1.21. The van der Waals surface area contributed by atoms with Gasteiger partial charge in [0.25, 0.3) is 5.91 Å². The van der Waals surface area contributed by atoms with Crippen LogP contribution in [0.4, 0.5) is 0 Å². The van der Waals surface area contributed by atoms with Gasteiger partial charge in [0.1, 0.15) is 11.3 Å². The normalized spacial score (nSPS) is 18.2. The fraction of sp³-hybridized carbons (Fsp3) is 0.562. The summed E-state index contributed by atoms with van der Waals surface area (Å²) in [6.45, 7) is 4.67. The van der Waals surface area contributed by atoms with Gasteiger partial charge in [-0.1, -0.05) is 6.42 Å². The zero-order chi connectivity index (χ0) is 14.4. The molecule has 110 valence electrons. The van der Waals surface area contributed by atoms with Gasteiger partial charge in [-0.2, -0.15) is 0 Å². The Labute approximate surface area is 124 Å². The fourth-order valence-electron chi connectivity index (χ4n) is 3.27. The number of aromatic nitrogens is 3. The molecule has 21 heavy (non-hydrogen) atoms. The van der Waals surface area contributed by atoms with Gasteiger partial charge in [-0.05, 0) is 32.3 Å². The van der Waals surface area contributed by atoms with Crippen LogP contribution in [-0.2, 0) is 13.0 Å². The van der Waals surface area contributed by atoms with Crippen molar-refractivity contribution in [3.05, 3.63) is 23.1 Å². The van der Waals surface area contributed by atoms with Crippen molar-refractivity contribution in [3.8, 4) is 0 Å². The molecule has 0 unspecified atom stereocenters. The highest BCUT2D eigenvalue weighted by Crippen LogP contribution is 2.25. The molecule has 1 saturated heterocycles. The molecular formula is C16H20N4O. The van der Waals surface area contributed by atoms with E-state index in [0.717, 1.165) is 60.7 Å². The minimum atomic E-state index is 0.116.